The third-order valence-corrected chi connectivity index (χ3v) is 12.0. The summed E-state index contributed by atoms with van der Waals surface area (Å²) < 4.78 is 53.7. The predicted molar refractivity (Wildman–Crippen MR) is 236 cm³/mol. The Hall–Kier alpha value is -6.49. The van der Waals surface area contributed by atoms with Gasteiger partial charge < -0.3 is 39.4 Å². The lowest BCUT2D eigenvalue weighted by Crippen LogP contribution is -2.50. The molecular weight excluding hydrogens is 849 g/mol. The normalized spacial score (nSPS) is 16.7. The summed E-state index contributed by atoms with van der Waals surface area (Å²) in [5.74, 6) is -3.67. The van der Waals surface area contributed by atoms with Gasteiger partial charge in [0.15, 0.2) is 0 Å². The Morgan fingerprint density at radius 2 is 1.27 bits per heavy atom. The number of aromatic hydroxyl groups is 1. The van der Waals surface area contributed by atoms with E-state index in [4.69, 9.17) is 23.7 Å². The van der Waals surface area contributed by atoms with Crippen LogP contribution in [0.2, 0.25) is 0 Å². The van der Waals surface area contributed by atoms with E-state index < -0.39 is 83.0 Å². The average molecular weight is 907 g/mol. The van der Waals surface area contributed by atoms with Gasteiger partial charge >= 0.3 is 30.0 Å². The Morgan fingerprint density at radius 3 is 1.81 bits per heavy atom. The number of esters is 4. The van der Waals surface area contributed by atoms with Crippen LogP contribution in [-0.2, 0) is 65.6 Å². The predicted octanol–water partition coefficient (Wildman–Crippen LogP) is 5.97. The lowest BCUT2D eigenvalue weighted by Gasteiger charge is -2.46. The van der Waals surface area contributed by atoms with Crippen molar-refractivity contribution in [3.63, 3.8) is 0 Å². The molecule has 1 saturated carbocycles. The number of hydrogen-bond acceptors (Lipinski definition) is 14. The molecule has 0 bridgehead atoms. The summed E-state index contributed by atoms with van der Waals surface area (Å²) in [4.78, 5) is 74.8. The Balaban J connectivity index is 1.63. The summed E-state index contributed by atoms with van der Waals surface area (Å²) in [6, 6.07) is 7.85. The third kappa shape index (κ3) is 15.7. The van der Waals surface area contributed by atoms with Gasteiger partial charge in [-0.05, 0) is 84.9 Å². The minimum absolute atomic E-state index is 0.0165. The zero-order valence-corrected chi connectivity index (χ0v) is 37.4. The van der Waals surface area contributed by atoms with Crippen molar-refractivity contribution in [2.24, 2.45) is 16.2 Å². The number of nitrogens with one attached hydrogen (secondary N) is 2. The summed E-state index contributed by atoms with van der Waals surface area (Å²) in [6.07, 6.45) is 6.67. The van der Waals surface area contributed by atoms with Crippen LogP contribution in [0, 0.1) is 16.2 Å². The molecule has 0 spiro atoms. The maximum absolute atomic E-state index is 13.6. The Morgan fingerprint density at radius 1 is 0.750 bits per heavy atom. The zero-order valence-electron chi connectivity index (χ0n) is 36.6. The van der Waals surface area contributed by atoms with Gasteiger partial charge in [-0.1, -0.05) is 52.7 Å². The van der Waals surface area contributed by atoms with Gasteiger partial charge in [0, 0.05) is 42.8 Å². The van der Waals surface area contributed by atoms with E-state index in [2.05, 4.69) is 43.5 Å². The van der Waals surface area contributed by atoms with E-state index in [1.165, 1.54) is 36.4 Å². The highest BCUT2D eigenvalue weighted by Gasteiger charge is 2.42. The minimum atomic E-state index is -4.01. The minimum Gasteiger partial charge on any atom is -0.508 e. The van der Waals surface area contributed by atoms with Gasteiger partial charge in [-0.25, -0.2) is 27.6 Å². The fraction of sp³-hybridized carbons (Fsp3) is 0.404. The molecule has 2 atom stereocenters. The number of benzene rings is 2. The number of phenolic OH excluding ortho intramolecular Hbond substituents is 1. The van der Waals surface area contributed by atoms with Crippen LogP contribution < -0.4 is 15.4 Å². The number of carbonyl (C=O) groups excluding carboxylic acids is 6. The monoisotopic (exact) mass is 906 g/mol. The molecule has 0 heterocycles. The molecule has 16 nitrogen and oxygen atoms in total. The smallest absolute Gasteiger partial charge is 0.412 e. The van der Waals surface area contributed by atoms with Crippen LogP contribution in [0.1, 0.15) is 64.0 Å². The highest BCUT2D eigenvalue weighted by molar-refractivity contribution is 7.91. The second-order valence-corrected chi connectivity index (χ2v) is 18.7. The van der Waals surface area contributed by atoms with Crippen molar-refractivity contribution in [1.82, 2.24) is 10.6 Å². The van der Waals surface area contributed by atoms with E-state index in [0.29, 0.717) is 30.4 Å². The number of allylic oxidation sites excluding steroid dienone is 2. The first kappa shape index (κ1) is 51.9. The molecule has 346 valence electrons. The number of ether oxygens (including phenoxy) is 5. The molecule has 0 aliphatic heterocycles. The quantitative estimate of drug-likeness (QED) is 0.0478. The molecule has 3 N–H and O–H groups in total. The molecule has 0 aromatic heterocycles. The SMILES string of the molecule is C=CCc1cc(S(=O)(=O)c2ccc(OC(=O)NC3CC(C)(C)CC(C)(CNC(=O)CCC(=O)OCC(COC(=O)C=C)(COC(=O)C=C)COC(=O)C=C)C3)c(CC=C)c2)ccc1O. The van der Waals surface area contributed by atoms with Crippen molar-refractivity contribution < 1.29 is 66.0 Å². The van der Waals surface area contributed by atoms with Crippen LogP contribution in [-0.4, -0.2) is 88.4 Å². The standard InChI is InChI=1S/C47H58N2O14S/c1-9-14-32-22-35(16-18-37(32)50)64(57,58)36-17-19-38(33(23-36)15-10-2)63-44(56)49-34-24-45(6,7)26-46(8,25-34)27-48-39(51)20-21-43(55)62-31-47(28-59-40(52)11-3,29-60-41(53)12-4)30-61-42(54)13-5/h9-13,16-19,22-23,34,50H,1-5,14-15,20-21,24-31H2,6-8H3,(H,48,51)(H,49,56). The molecule has 1 fully saturated rings. The van der Waals surface area contributed by atoms with Crippen molar-refractivity contribution in [2.45, 2.75) is 81.5 Å². The lowest BCUT2D eigenvalue weighted by atomic mass is 9.62. The molecule has 3 rings (SSSR count). The molecule has 2 aromatic rings. The molecule has 2 unspecified atom stereocenters. The molecular formula is C47H58N2O14S. The fourth-order valence-electron chi connectivity index (χ4n) is 7.51. The number of rotatable bonds is 24. The van der Waals surface area contributed by atoms with E-state index in [0.717, 1.165) is 18.2 Å². The average Bonchev–Trinajstić information content (AvgIpc) is 3.24. The number of phenols is 1. The van der Waals surface area contributed by atoms with E-state index >= 15 is 0 Å². The second kappa shape index (κ2) is 23.3. The van der Waals surface area contributed by atoms with Crippen LogP contribution in [0.3, 0.4) is 0 Å². The molecule has 2 aromatic carbocycles. The number of sulfone groups is 1. The van der Waals surface area contributed by atoms with E-state index in [-0.39, 0.29) is 65.0 Å². The summed E-state index contributed by atoms with van der Waals surface area (Å²) in [6.45, 7) is 21.6. The maximum Gasteiger partial charge on any atom is 0.412 e. The molecule has 1 aliphatic carbocycles. The number of hydrogen-bond donors (Lipinski definition) is 3. The Kier molecular flexibility index (Phi) is 18.9. The number of carbonyl (C=O) groups is 6. The van der Waals surface area contributed by atoms with Crippen LogP contribution in [0.5, 0.6) is 11.5 Å². The van der Waals surface area contributed by atoms with Crippen molar-refractivity contribution in [3.8, 4) is 11.5 Å². The molecule has 1 aliphatic rings. The molecule has 2 amide bonds. The van der Waals surface area contributed by atoms with Gasteiger partial charge in [0.05, 0.1) is 16.2 Å². The van der Waals surface area contributed by atoms with Gasteiger partial charge in [0.25, 0.3) is 0 Å². The maximum atomic E-state index is 13.6. The van der Waals surface area contributed by atoms with E-state index in [1.54, 1.807) is 12.2 Å². The van der Waals surface area contributed by atoms with Crippen LogP contribution in [0.25, 0.3) is 0 Å². The van der Waals surface area contributed by atoms with Crippen LogP contribution in [0.15, 0.2) is 109 Å². The van der Waals surface area contributed by atoms with Crippen molar-refractivity contribution in [3.05, 3.63) is 111 Å². The first-order valence-electron chi connectivity index (χ1n) is 20.3. The van der Waals surface area contributed by atoms with Crippen LogP contribution in [0.4, 0.5) is 4.79 Å². The van der Waals surface area contributed by atoms with E-state index in [9.17, 15) is 42.3 Å². The van der Waals surface area contributed by atoms with Crippen molar-refractivity contribution in [1.29, 1.82) is 0 Å². The largest absolute Gasteiger partial charge is 0.508 e. The van der Waals surface area contributed by atoms with Crippen LogP contribution >= 0.6 is 0 Å². The molecule has 64 heavy (non-hydrogen) atoms. The number of amides is 2. The zero-order chi connectivity index (χ0) is 47.7. The first-order chi connectivity index (χ1) is 30.1. The van der Waals surface area contributed by atoms with Gasteiger partial charge in [-0.15, -0.1) is 13.2 Å². The Labute approximate surface area is 374 Å². The van der Waals surface area contributed by atoms with E-state index in [1.807, 2.05) is 20.8 Å². The van der Waals surface area contributed by atoms with Gasteiger partial charge in [0.2, 0.25) is 15.7 Å². The van der Waals surface area contributed by atoms with Crippen molar-refractivity contribution in [2.75, 3.05) is 33.0 Å². The fourth-order valence-corrected chi connectivity index (χ4v) is 8.87. The molecule has 0 saturated heterocycles. The highest BCUT2D eigenvalue weighted by atomic mass is 32.2. The second-order valence-electron chi connectivity index (χ2n) is 16.7. The lowest BCUT2D eigenvalue weighted by molar-refractivity contribution is -0.166. The summed E-state index contributed by atoms with van der Waals surface area (Å²) in [5.41, 5.74) is -1.47. The van der Waals surface area contributed by atoms with Gasteiger partial charge in [0.1, 0.15) is 43.3 Å². The van der Waals surface area contributed by atoms with Crippen molar-refractivity contribution >= 4 is 45.7 Å². The third-order valence-electron chi connectivity index (χ3n) is 10.3. The summed E-state index contributed by atoms with van der Waals surface area (Å²) in [7, 11) is -4.01. The molecule has 0 radical (unpaired) electrons. The van der Waals surface area contributed by atoms with Gasteiger partial charge in [-0.2, -0.15) is 0 Å². The Bertz CT molecular complexity index is 2170. The first-order valence-corrected chi connectivity index (χ1v) is 21.8. The topological polar surface area (TPSA) is 227 Å². The highest BCUT2D eigenvalue weighted by Crippen LogP contribution is 2.46. The summed E-state index contributed by atoms with van der Waals surface area (Å²) in [5, 5.41) is 16.0. The van der Waals surface area contributed by atoms with Gasteiger partial charge in [-0.3, -0.25) is 9.59 Å². The summed E-state index contributed by atoms with van der Waals surface area (Å²) >= 11 is 0. The molecule has 17 heteroatoms.